The highest BCUT2D eigenvalue weighted by Crippen LogP contribution is 2.22. The maximum atomic E-state index is 11.2. The Morgan fingerprint density at radius 1 is 1.35 bits per heavy atom. The zero-order valence-electron chi connectivity index (χ0n) is 10.1. The molecule has 1 heterocycles. The normalized spacial score (nSPS) is 23.7. The van der Waals surface area contributed by atoms with Gasteiger partial charge in [-0.2, -0.15) is 0 Å². The predicted molar refractivity (Wildman–Crippen MR) is 64.4 cm³/mol. The van der Waals surface area contributed by atoms with Crippen LogP contribution in [0.5, 0.6) is 0 Å². The Balaban J connectivity index is 1.63. The van der Waals surface area contributed by atoms with Crippen LogP contribution in [0.2, 0.25) is 0 Å². The first-order valence-corrected chi connectivity index (χ1v) is 6.08. The van der Waals surface area contributed by atoms with Gasteiger partial charge in [0.25, 0.3) is 0 Å². The number of hydrogen-bond donors (Lipinski definition) is 0. The van der Waals surface area contributed by atoms with Crippen molar-refractivity contribution in [3.8, 4) is 0 Å². The number of esters is 1. The Hall–Kier alpha value is -1.35. The second kappa shape index (κ2) is 5.82. The minimum atomic E-state index is -0.0712. The maximum absolute atomic E-state index is 11.2. The number of rotatable bonds is 5. The molecule has 0 radical (unpaired) electrons. The van der Waals surface area contributed by atoms with Crippen LogP contribution < -0.4 is 0 Å². The number of benzene rings is 1. The van der Waals surface area contributed by atoms with Gasteiger partial charge in [-0.3, -0.25) is 4.79 Å². The summed E-state index contributed by atoms with van der Waals surface area (Å²) in [5.74, 6) is -0.0211. The van der Waals surface area contributed by atoms with Crippen molar-refractivity contribution < 1.29 is 14.3 Å². The molecule has 0 bridgehead atoms. The van der Waals surface area contributed by atoms with E-state index in [0.717, 1.165) is 12.8 Å². The van der Waals surface area contributed by atoms with Gasteiger partial charge in [-0.25, -0.2) is 0 Å². The molecule has 1 fully saturated rings. The zero-order chi connectivity index (χ0) is 12.1. The molecular formula is C14H18O3. The van der Waals surface area contributed by atoms with Gasteiger partial charge in [-0.1, -0.05) is 37.3 Å². The summed E-state index contributed by atoms with van der Waals surface area (Å²) >= 11 is 0. The molecule has 3 heteroatoms. The molecule has 2 atom stereocenters. The first-order valence-electron chi connectivity index (χ1n) is 6.08. The van der Waals surface area contributed by atoms with Crippen molar-refractivity contribution in [3.05, 3.63) is 35.9 Å². The molecule has 17 heavy (non-hydrogen) atoms. The molecule has 1 aliphatic heterocycles. The smallest absolute Gasteiger partial charge is 0.309 e. The van der Waals surface area contributed by atoms with Gasteiger partial charge >= 0.3 is 5.97 Å². The lowest BCUT2D eigenvalue weighted by atomic mass is 10.1. The summed E-state index contributed by atoms with van der Waals surface area (Å²) in [6, 6.07) is 10.1. The Bertz CT molecular complexity index is 361. The second-order valence-corrected chi connectivity index (χ2v) is 4.52. The van der Waals surface area contributed by atoms with E-state index >= 15 is 0 Å². The molecule has 1 aliphatic rings. The van der Waals surface area contributed by atoms with Crippen LogP contribution in [0, 0.1) is 5.92 Å². The van der Waals surface area contributed by atoms with Crippen molar-refractivity contribution in [2.24, 2.45) is 5.92 Å². The fourth-order valence-electron chi connectivity index (χ4n) is 1.97. The molecule has 1 saturated heterocycles. The van der Waals surface area contributed by atoms with Gasteiger partial charge < -0.3 is 9.47 Å². The highest BCUT2D eigenvalue weighted by molar-refractivity contribution is 5.74. The van der Waals surface area contributed by atoms with E-state index in [-0.39, 0.29) is 18.0 Å². The summed E-state index contributed by atoms with van der Waals surface area (Å²) in [4.78, 5) is 11.2. The third-order valence-electron chi connectivity index (χ3n) is 3.00. The second-order valence-electron chi connectivity index (χ2n) is 4.52. The fraction of sp³-hybridized carbons (Fsp3) is 0.500. The Morgan fingerprint density at radius 2 is 2.12 bits per heavy atom. The molecule has 92 valence electrons. The van der Waals surface area contributed by atoms with Crippen LogP contribution in [0.25, 0.3) is 0 Å². The summed E-state index contributed by atoms with van der Waals surface area (Å²) in [5.41, 5.74) is 1.17. The Labute approximate surface area is 102 Å². The summed E-state index contributed by atoms with van der Waals surface area (Å²) < 4.78 is 10.8. The molecule has 0 N–H and O–H groups in total. The molecule has 2 rings (SSSR count). The van der Waals surface area contributed by atoms with E-state index < -0.39 is 0 Å². The minimum absolute atomic E-state index is 0.0493. The lowest BCUT2D eigenvalue weighted by Gasteiger charge is -2.09. The van der Waals surface area contributed by atoms with Crippen LogP contribution in [0.3, 0.4) is 0 Å². The van der Waals surface area contributed by atoms with Gasteiger partial charge in [0.15, 0.2) is 0 Å². The van der Waals surface area contributed by atoms with E-state index in [1.807, 2.05) is 37.3 Å². The van der Waals surface area contributed by atoms with Gasteiger partial charge in [-0.15, -0.1) is 0 Å². The summed E-state index contributed by atoms with van der Waals surface area (Å²) in [5, 5.41) is 0. The van der Waals surface area contributed by atoms with Crippen LogP contribution in [0.4, 0.5) is 0 Å². The predicted octanol–water partition coefficient (Wildman–Crippen LogP) is 2.54. The highest BCUT2D eigenvalue weighted by Gasteiger charge is 2.30. The molecule has 0 aliphatic carbocycles. The van der Waals surface area contributed by atoms with Gasteiger partial charge in [0.05, 0.1) is 19.1 Å². The zero-order valence-corrected chi connectivity index (χ0v) is 10.1. The van der Waals surface area contributed by atoms with Crippen LogP contribution in [0.1, 0.15) is 25.3 Å². The van der Waals surface area contributed by atoms with Crippen molar-refractivity contribution in [1.29, 1.82) is 0 Å². The van der Waals surface area contributed by atoms with Crippen LogP contribution in [-0.4, -0.2) is 18.7 Å². The van der Waals surface area contributed by atoms with E-state index in [2.05, 4.69) is 0 Å². The van der Waals surface area contributed by atoms with E-state index in [1.54, 1.807) is 0 Å². The van der Waals surface area contributed by atoms with Crippen molar-refractivity contribution in [3.63, 3.8) is 0 Å². The van der Waals surface area contributed by atoms with Gasteiger partial charge in [0.2, 0.25) is 0 Å². The van der Waals surface area contributed by atoms with Crippen molar-refractivity contribution in [1.82, 2.24) is 0 Å². The summed E-state index contributed by atoms with van der Waals surface area (Å²) in [6.07, 6.45) is 1.67. The molecule has 0 amide bonds. The van der Waals surface area contributed by atoms with Crippen molar-refractivity contribution in [2.45, 2.75) is 32.5 Å². The van der Waals surface area contributed by atoms with Gasteiger partial charge in [0, 0.05) is 6.42 Å². The van der Waals surface area contributed by atoms with Crippen LogP contribution in [0.15, 0.2) is 30.3 Å². The van der Waals surface area contributed by atoms with E-state index in [0.29, 0.717) is 13.2 Å². The number of carbonyl (C=O) groups excluding carboxylic acids is 1. The lowest BCUT2D eigenvalue weighted by Crippen LogP contribution is -2.10. The Kier molecular flexibility index (Phi) is 4.15. The molecule has 1 unspecified atom stereocenters. The molecule has 0 aromatic heterocycles. The SMILES string of the molecule is CC1C[C@@H](CCOCc2ccccc2)OC1=O. The average Bonchev–Trinajstić information content (AvgIpc) is 2.66. The molecule has 1 aromatic carbocycles. The number of ether oxygens (including phenoxy) is 2. The monoisotopic (exact) mass is 234 g/mol. The van der Waals surface area contributed by atoms with E-state index in [9.17, 15) is 4.79 Å². The van der Waals surface area contributed by atoms with Gasteiger partial charge in [-0.05, 0) is 12.0 Å². The number of cyclic esters (lactones) is 1. The number of carbonyl (C=O) groups is 1. The first kappa shape index (κ1) is 12.1. The highest BCUT2D eigenvalue weighted by atomic mass is 16.6. The summed E-state index contributed by atoms with van der Waals surface area (Å²) in [6.45, 7) is 3.17. The van der Waals surface area contributed by atoms with Crippen molar-refractivity contribution >= 4 is 5.97 Å². The van der Waals surface area contributed by atoms with Crippen molar-refractivity contribution in [2.75, 3.05) is 6.61 Å². The molecular weight excluding hydrogens is 216 g/mol. The molecule has 0 spiro atoms. The van der Waals surface area contributed by atoms with Gasteiger partial charge in [0.1, 0.15) is 6.10 Å². The first-order chi connectivity index (χ1) is 8.25. The van der Waals surface area contributed by atoms with Crippen LogP contribution >= 0.6 is 0 Å². The third kappa shape index (κ3) is 3.56. The standard InChI is InChI=1S/C14H18O3/c1-11-9-13(17-14(11)15)7-8-16-10-12-5-3-2-4-6-12/h2-6,11,13H,7-10H2,1H3/t11?,13-/m1/s1. The largest absolute Gasteiger partial charge is 0.462 e. The number of hydrogen-bond acceptors (Lipinski definition) is 3. The van der Waals surface area contributed by atoms with E-state index in [1.165, 1.54) is 5.56 Å². The summed E-state index contributed by atoms with van der Waals surface area (Å²) in [7, 11) is 0. The average molecular weight is 234 g/mol. The third-order valence-corrected chi connectivity index (χ3v) is 3.00. The van der Waals surface area contributed by atoms with Crippen LogP contribution in [-0.2, 0) is 20.9 Å². The Morgan fingerprint density at radius 3 is 2.76 bits per heavy atom. The lowest BCUT2D eigenvalue weighted by molar-refractivity contribution is -0.144. The fourth-order valence-corrected chi connectivity index (χ4v) is 1.97. The molecule has 1 aromatic rings. The minimum Gasteiger partial charge on any atom is -0.462 e. The molecule has 3 nitrogen and oxygen atoms in total. The maximum Gasteiger partial charge on any atom is 0.309 e. The quantitative estimate of drug-likeness (QED) is 0.580. The topological polar surface area (TPSA) is 35.5 Å². The molecule has 0 saturated carbocycles. The van der Waals surface area contributed by atoms with E-state index in [4.69, 9.17) is 9.47 Å².